The lowest BCUT2D eigenvalue weighted by molar-refractivity contribution is 0.216. The van der Waals surface area contributed by atoms with Crippen molar-refractivity contribution in [3.05, 3.63) is 6.42 Å². The second-order valence-corrected chi connectivity index (χ2v) is 5.52. The molecule has 0 aliphatic rings. The first-order valence-electron chi connectivity index (χ1n) is 7.02. The van der Waals surface area contributed by atoms with Crippen LogP contribution < -0.4 is 0 Å². The van der Waals surface area contributed by atoms with Crippen molar-refractivity contribution in [3.63, 3.8) is 0 Å². The molecule has 0 spiro atoms. The number of alkyl halides is 2. The Labute approximate surface area is 124 Å². The van der Waals surface area contributed by atoms with Gasteiger partial charge in [0.05, 0.1) is 0 Å². The molecule has 0 heterocycles. The normalized spacial score (nSPS) is 13.8. The van der Waals surface area contributed by atoms with Gasteiger partial charge in [0.1, 0.15) is 0 Å². The number of hydrogen-bond acceptors (Lipinski definition) is 2. The quantitative estimate of drug-likeness (QED) is 0.539. The van der Waals surface area contributed by atoms with Crippen LogP contribution in [0.4, 0.5) is 0 Å². The molecule has 0 saturated carbocycles. The molecule has 0 aromatic carbocycles. The molecule has 0 aromatic rings. The van der Waals surface area contributed by atoms with Crippen molar-refractivity contribution < 1.29 is 0 Å². The third kappa shape index (κ3) is 7.18. The van der Waals surface area contributed by atoms with Crippen molar-refractivity contribution in [3.8, 4) is 0 Å². The standard InChI is InChI=1S/C14H29Cl2N2/c1-5-17(6-2)14(12-16)8-7-10-18(11-9-15)13(3)4/h7,13-14H,5-6,8-12H2,1-4H3. The molecule has 0 bridgehead atoms. The molecule has 18 heavy (non-hydrogen) atoms. The lowest BCUT2D eigenvalue weighted by atomic mass is 10.1. The molecule has 109 valence electrons. The highest BCUT2D eigenvalue weighted by molar-refractivity contribution is 6.18. The minimum Gasteiger partial charge on any atom is -0.300 e. The van der Waals surface area contributed by atoms with Gasteiger partial charge in [0, 0.05) is 36.9 Å². The molecule has 0 amide bonds. The van der Waals surface area contributed by atoms with Crippen molar-refractivity contribution in [2.45, 2.75) is 46.2 Å². The van der Waals surface area contributed by atoms with Crippen LogP contribution in [0.15, 0.2) is 0 Å². The Hall–Kier alpha value is 0.500. The van der Waals surface area contributed by atoms with Crippen LogP contribution in [0.1, 0.15) is 34.1 Å². The van der Waals surface area contributed by atoms with Gasteiger partial charge < -0.3 is 0 Å². The summed E-state index contributed by atoms with van der Waals surface area (Å²) in [5, 5.41) is 0. The smallest absolute Gasteiger partial charge is 0.0379 e. The van der Waals surface area contributed by atoms with Crippen LogP contribution in [0.2, 0.25) is 0 Å². The minimum absolute atomic E-state index is 0.465. The van der Waals surface area contributed by atoms with Crippen molar-refractivity contribution in [1.29, 1.82) is 0 Å². The zero-order valence-corrected chi connectivity index (χ0v) is 13.8. The summed E-state index contributed by atoms with van der Waals surface area (Å²) in [7, 11) is 0. The van der Waals surface area contributed by atoms with E-state index in [-0.39, 0.29) is 0 Å². The predicted molar refractivity (Wildman–Crippen MR) is 83.8 cm³/mol. The highest BCUT2D eigenvalue weighted by Crippen LogP contribution is 2.10. The number of nitrogens with zero attached hydrogens (tertiary/aromatic N) is 2. The SMILES string of the molecule is CCN(CC)C(CCl)C[CH]CN(CCCl)C(C)C. The molecule has 1 radical (unpaired) electrons. The van der Waals surface area contributed by atoms with Gasteiger partial charge in [-0.15, -0.1) is 23.2 Å². The van der Waals surface area contributed by atoms with Crippen LogP contribution >= 0.6 is 23.2 Å². The lowest BCUT2D eigenvalue weighted by Gasteiger charge is -2.30. The summed E-state index contributed by atoms with van der Waals surface area (Å²) in [4.78, 5) is 4.81. The Morgan fingerprint density at radius 2 is 1.67 bits per heavy atom. The van der Waals surface area contributed by atoms with Crippen molar-refractivity contribution in [1.82, 2.24) is 9.80 Å². The van der Waals surface area contributed by atoms with Crippen molar-refractivity contribution in [2.75, 3.05) is 37.9 Å². The van der Waals surface area contributed by atoms with Crippen LogP contribution in [-0.4, -0.2) is 59.8 Å². The molecule has 1 atom stereocenters. The van der Waals surface area contributed by atoms with Gasteiger partial charge in [0.15, 0.2) is 0 Å². The predicted octanol–water partition coefficient (Wildman–Crippen LogP) is 3.48. The molecule has 0 fully saturated rings. The third-order valence-corrected chi connectivity index (χ3v) is 3.94. The summed E-state index contributed by atoms with van der Waals surface area (Å²) in [5.41, 5.74) is 0. The van der Waals surface area contributed by atoms with Crippen LogP contribution in [0.5, 0.6) is 0 Å². The zero-order chi connectivity index (χ0) is 14.0. The van der Waals surface area contributed by atoms with Crippen molar-refractivity contribution in [2.24, 2.45) is 0 Å². The first-order valence-corrected chi connectivity index (χ1v) is 8.09. The van der Waals surface area contributed by atoms with Crippen LogP contribution in [-0.2, 0) is 0 Å². The molecule has 4 heteroatoms. The Kier molecular flexibility index (Phi) is 11.7. The van der Waals surface area contributed by atoms with E-state index in [1.165, 1.54) is 0 Å². The summed E-state index contributed by atoms with van der Waals surface area (Å²) in [6.45, 7) is 12.9. The number of hydrogen-bond donors (Lipinski definition) is 0. The summed E-state index contributed by atoms with van der Waals surface area (Å²) in [5.74, 6) is 1.40. The monoisotopic (exact) mass is 295 g/mol. The van der Waals surface area contributed by atoms with Gasteiger partial charge in [-0.1, -0.05) is 13.8 Å². The topological polar surface area (TPSA) is 6.48 Å². The van der Waals surface area contributed by atoms with Gasteiger partial charge in [0.2, 0.25) is 0 Å². The minimum atomic E-state index is 0.465. The van der Waals surface area contributed by atoms with Gasteiger partial charge in [-0.3, -0.25) is 9.80 Å². The maximum absolute atomic E-state index is 6.06. The third-order valence-electron chi connectivity index (χ3n) is 3.41. The molecule has 2 nitrogen and oxygen atoms in total. The summed E-state index contributed by atoms with van der Waals surface area (Å²) >= 11 is 11.9. The van der Waals surface area contributed by atoms with Crippen LogP contribution in [0, 0.1) is 6.42 Å². The molecule has 0 rings (SSSR count). The number of rotatable bonds is 11. The van der Waals surface area contributed by atoms with E-state index in [1.54, 1.807) is 0 Å². The molecule has 1 unspecified atom stereocenters. The maximum atomic E-state index is 6.06. The molecular weight excluding hydrogens is 267 g/mol. The number of halogens is 2. The molecule has 0 aliphatic heterocycles. The highest BCUT2D eigenvalue weighted by atomic mass is 35.5. The first-order chi connectivity index (χ1) is 8.60. The van der Waals surface area contributed by atoms with Gasteiger partial charge in [-0.05, 0) is 39.8 Å². The molecule has 0 aliphatic carbocycles. The molecular formula is C14H29Cl2N2. The fraction of sp³-hybridized carbons (Fsp3) is 0.929. The van der Waals surface area contributed by atoms with Crippen LogP contribution in [0.25, 0.3) is 0 Å². The van der Waals surface area contributed by atoms with Crippen LogP contribution in [0.3, 0.4) is 0 Å². The average molecular weight is 296 g/mol. The Morgan fingerprint density at radius 3 is 2.06 bits per heavy atom. The fourth-order valence-corrected chi connectivity index (χ4v) is 2.69. The molecule has 0 aromatic heterocycles. The molecule has 0 N–H and O–H groups in total. The largest absolute Gasteiger partial charge is 0.300 e. The van der Waals surface area contributed by atoms with E-state index < -0.39 is 0 Å². The summed E-state index contributed by atoms with van der Waals surface area (Å²) < 4.78 is 0. The van der Waals surface area contributed by atoms with E-state index in [0.717, 1.165) is 32.6 Å². The van der Waals surface area contributed by atoms with Crippen molar-refractivity contribution >= 4 is 23.2 Å². The summed E-state index contributed by atoms with van der Waals surface area (Å²) in [6, 6.07) is 1.01. The van der Waals surface area contributed by atoms with E-state index in [4.69, 9.17) is 23.2 Å². The van der Waals surface area contributed by atoms with E-state index in [2.05, 4.69) is 43.9 Å². The zero-order valence-electron chi connectivity index (χ0n) is 12.3. The Balaban J connectivity index is 4.04. The van der Waals surface area contributed by atoms with Gasteiger partial charge in [-0.2, -0.15) is 0 Å². The second kappa shape index (κ2) is 11.3. The molecule has 0 saturated heterocycles. The van der Waals surface area contributed by atoms with E-state index in [0.29, 0.717) is 23.8 Å². The highest BCUT2D eigenvalue weighted by Gasteiger charge is 2.15. The van der Waals surface area contributed by atoms with Gasteiger partial charge in [0.25, 0.3) is 0 Å². The van der Waals surface area contributed by atoms with Gasteiger partial charge in [-0.25, -0.2) is 0 Å². The fourth-order valence-electron chi connectivity index (χ4n) is 2.15. The van der Waals surface area contributed by atoms with E-state index in [1.807, 2.05) is 0 Å². The Bertz CT molecular complexity index is 185. The average Bonchev–Trinajstić information content (AvgIpc) is 2.36. The second-order valence-electron chi connectivity index (χ2n) is 4.83. The Morgan fingerprint density at radius 1 is 1.06 bits per heavy atom. The summed E-state index contributed by atoms with van der Waals surface area (Å²) in [6.07, 6.45) is 3.40. The van der Waals surface area contributed by atoms with E-state index in [9.17, 15) is 0 Å². The maximum Gasteiger partial charge on any atom is 0.0379 e. The van der Waals surface area contributed by atoms with Gasteiger partial charge >= 0.3 is 0 Å². The lowest BCUT2D eigenvalue weighted by Crippen LogP contribution is -2.38. The van der Waals surface area contributed by atoms with E-state index >= 15 is 0 Å². The first kappa shape index (κ1) is 18.5.